The molecule has 0 aromatic carbocycles. The third kappa shape index (κ3) is 2.94. The van der Waals surface area contributed by atoms with E-state index in [9.17, 15) is 4.79 Å². The zero-order valence-corrected chi connectivity index (χ0v) is 16.8. The lowest BCUT2D eigenvalue weighted by atomic mass is 9.89. The zero-order chi connectivity index (χ0) is 19.0. The van der Waals surface area contributed by atoms with Crippen molar-refractivity contribution >= 4 is 5.91 Å². The van der Waals surface area contributed by atoms with E-state index in [-0.39, 0.29) is 36.4 Å². The lowest BCUT2D eigenvalue weighted by molar-refractivity contribution is -0.323. The highest BCUT2D eigenvalue weighted by Gasteiger charge is 2.65. The molecule has 0 spiro atoms. The van der Waals surface area contributed by atoms with Crippen LogP contribution in [0.25, 0.3) is 0 Å². The summed E-state index contributed by atoms with van der Waals surface area (Å²) in [4.78, 5) is 17.5. The van der Waals surface area contributed by atoms with Gasteiger partial charge in [-0.2, -0.15) is 0 Å². The zero-order valence-electron chi connectivity index (χ0n) is 16.8. The van der Waals surface area contributed by atoms with Gasteiger partial charge in [0.25, 0.3) is 0 Å². The van der Waals surface area contributed by atoms with Crippen molar-refractivity contribution in [1.29, 1.82) is 0 Å². The number of hydrogen-bond donors (Lipinski definition) is 0. The largest absolute Gasteiger partial charge is 0.348 e. The molecule has 4 saturated heterocycles. The third-order valence-electron chi connectivity index (χ3n) is 6.81. The number of hydrogen-bond acceptors (Lipinski definition) is 6. The Kier molecular flexibility index (Phi) is 4.16. The fourth-order valence-corrected chi connectivity index (χ4v) is 5.77. The Labute approximate surface area is 161 Å². The smallest absolute Gasteiger partial charge is 0.238 e. The fourth-order valence-electron chi connectivity index (χ4n) is 5.77. The summed E-state index contributed by atoms with van der Waals surface area (Å²) in [7, 11) is 0. The number of piperidine rings is 1. The summed E-state index contributed by atoms with van der Waals surface area (Å²) in [5, 5.41) is 0. The first-order valence-electron chi connectivity index (χ1n) is 10.5. The molecular formula is C20H32N2O5. The second kappa shape index (κ2) is 6.13. The van der Waals surface area contributed by atoms with Crippen molar-refractivity contribution in [2.24, 2.45) is 0 Å². The van der Waals surface area contributed by atoms with E-state index in [2.05, 4.69) is 4.90 Å². The summed E-state index contributed by atoms with van der Waals surface area (Å²) in [5.74, 6) is -1.19. The van der Waals surface area contributed by atoms with E-state index in [1.807, 2.05) is 32.6 Å². The molecule has 27 heavy (non-hydrogen) atoms. The molecule has 4 aliphatic heterocycles. The summed E-state index contributed by atoms with van der Waals surface area (Å²) >= 11 is 0. The van der Waals surface area contributed by atoms with Crippen LogP contribution in [0.1, 0.15) is 59.8 Å². The highest BCUT2D eigenvalue weighted by atomic mass is 16.8. The molecule has 0 aromatic heterocycles. The molecule has 5 atom stereocenters. The van der Waals surface area contributed by atoms with Gasteiger partial charge in [0.05, 0.1) is 19.2 Å². The van der Waals surface area contributed by atoms with Gasteiger partial charge in [-0.3, -0.25) is 9.69 Å². The van der Waals surface area contributed by atoms with Crippen molar-refractivity contribution in [3.05, 3.63) is 0 Å². The minimum Gasteiger partial charge on any atom is -0.348 e. The normalized spacial score (nSPS) is 44.1. The molecule has 5 rings (SSSR count). The number of fused-ring (bicyclic) bond motifs is 6. The van der Waals surface area contributed by atoms with Crippen molar-refractivity contribution in [3.63, 3.8) is 0 Å². The predicted octanol–water partition coefficient (Wildman–Crippen LogP) is 1.84. The summed E-state index contributed by atoms with van der Waals surface area (Å²) < 4.78 is 24.9. The summed E-state index contributed by atoms with van der Waals surface area (Å²) in [6, 6.07) is 0.326. The Balaban J connectivity index is 1.51. The van der Waals surface area contributed by atoms with E-state index in [0.717, 1.165) is 12.8 Å². The van der Waals surface area contributed by atoms with Gasteiger partial charge in [0.2, 0.25) is 5.91 Å². The van der Waals surface area contributed by atoms with E-state index in [4.69, 9.17) is 18.9 Å². The minimum absolute atomic E-state index is 0.0814. The summed E-state index contributed by atoms with van der Waals surface area (Å²) in [6.07, 6.45) is 5.41. The lowest BCUT2D eigenvalue weighted by Gasteiger charge is -2.53. The van der Waals surface area contributed by atoms with Gasteiger partial charge < -0.3 is 23.8 Å². The van der Waals surface area contributed by atoms with Crippen LogP contribution in [0, 0.1) is 0 Å². The maximum atomic E-state index is 13.1. The average molecular weight is 380 g/mol. The Morgan fingerprint density at radius 1 is 0.889 bits per heavy atom. The molecule has 7 heteroatoms. The molecule has 5 fully saturated rings. The van der Waals surface area contributed by atoms with Crippen LogP contribution in [-0.2, 0) is 23.7 Å². The van der Waals surface area contributed by atoms with Gasteiger partial charge in [0.1, 0.15) is 24.5 Å². The molecule has 0 bridgehead atoms. The highest BCUT2D eigenvalue weighted by Crippen LogP contribution is 2.46. The molecule has 7 nitrogen and oxygen atoms in total. The van der Waals surface area contributed by atoms with Crippen molar-refractivity contribution < 1.29 is 23.7 Å². The van der Waals surface area contributed by atoms with Gasteiger partial charge in [-0.15, -0.1) is 0 Å². The first kappa shape index (κ1) is 18.3. The van der Waals surface area contributed by atoms with Gasteiger partial charge in [-0.25, -0.2) is 0 Å². The number of ether oxygens (including phenoxy) is 4. The Bertz CT molecular complexity index is 617. The third-order valence-corrected chi connectivity index (χ3v) is 6.81. The van der Waals surface area contributed by atoms with E-state index < -0.39 is 11.6 Å². The second-order valence-electron chi connectivity index (χ2n) is 9.60. The van der Waals surface area contributed by atoms with E-state index in [1.54, 1.807) is 0 Å². The minimum atomic E-state index is -0.680. The van der Waals surface area contributed by atoms with Gasteiger partial charge in [-0.05, 0) is 40.5 Å². The number of amides is 1. The van der Waals surface area contributed by atoms with Crippen LogP contribution in [0.15, 0.2) is 0 Å². The van der Waals surface area contributed by atoms with Crippen LogP contribution in [0.4, 0.5) is 0 Å². The fraction of sp³-hybridized carbons (Fsp3) is 0.950. The topological polar surface area (TPSA) is 60.5 Å². The number of nitrogens with zero attached hydrogens (tertiary/aromatic N) is 2. The molecule has 5 aliphatic rings. The highest BCUT2D eigenvalue weighted by molar-refractivity contribution is 5.81. The van der Waals surface area contributed by atoms with Gasteiger partial charge in [-0.1, -0.05) is 19.3 Å². The molecule has 152 valence electrons. The van der Waals surface area contributed by atoms with Crippen molar-refractivity contribution in [2.45, 2.75) is 108 Å². The first-order chi connectivity index (χ1) is 12.8. The first-order valence-corrected chi connectivity index (χ1v) is 10.5. The maximum absolute atomic E-state index is 13.1. The summed E-state index contributed by atoms with van der Waals surface area (Å²) in [6.45, 7) is 8.70. The molecule has 0 radical (unpaired) electrons. The molecule has 0 N–H and O–H groups in total. The van der Waals surface area contributed by atoms with Gasteiger partial charge in [0, 0.05) is 6.04 Å². The van der Waals surface area contributed by atoms with E-state index >= 15 is 0 Å². The van der Waals surface area contributed by atoms with Crippen LogP contribution in [0.2, 0.25) is 0 Å². The second-order valence-corrected chi connectivity index (χ2v) is 9.60. The van der Waals surface area contributed by atoms with E-state index in [0.29, 0.717) is 19.2 Å². The van der Waals surface area contributed by atoms with Crippen molar-refractivity contribution in [2.75, 3.05) is 13.2 Å². The SMILES string of the molecule is CC1(C)OC[C@@H]2[C@@H](O1)[C@@H]1OC(C)(C)O[C@@H]1[C@H]1N(C3CCCCC3)CC(=O)N21. The molecular weight excluding hydrogens is 348 g/mol. The standard InChI is InChI=1S/C20H32N2O5/c1-19(2)24-11-13-15(25-19)16-17(27-20(3,4)26-16)18-21(10-14(23)22(13)18)12-8-6-5-7-9-12/h12-13,15-18H,5-11H2,1-4H3/t13-,15-,16+,17+,18+/m1/s1. The van der Waals surface area contributed by atoms with Gasteiger partial charge >= 0.3 is 0 Å². The Morgan fingerprint density at radius 3 is 2.30 bits per heavy atom. The Morgan fingerprint density at radius 2 is 1.56 bits per heavy atom. The number of rotatable bonds is 1. The molecule has 4 heterocycles. The van der Waals surface area contributed by atoms with Crippen LogP contribution >= 0.6 is 0 Å². The van der Waals surface area contributed by atoms with Gasteiger partial charge in [0.15, 0.2) is 11.6 Å². The summed E-state index contributed by atoms with van der Waals surface area (Å²) in [5.41, 5.74) is 0. The number of carbonyl (C=O) groups is 1. The monoisotopic (exact) mass is 380 g/mol. The van der Waals surface area contributed by atoms with Crippen LogP contribution in [0.3, 0.4) is 0 Å². The molecule has 0 unspecified atom stereocenters. The van der Waals surface area contributed by atoms with Crippen molar-refractivity contribution in [1.82, 2.24) is 9.80 Å². The quantitative estimate of drug-likeness (QED) is 0.692. The predicted molar refractivity (Wildman–Crippen MR) is 96.7 cm³/mol. The Hall–Kier alpha value is -0.730. The van der Waals surface area contributed by atoms with Crippen LogP contribution in [-0.4, -0.2) is 77.0 Å². The van der Waals surface area contributed by atoms with Crippen LogP contribution in [0.5, 0.6) is 0 Å². The molecule has 1 amide bonds. The van der Waals surface area contributed by atoms with Crippen molar-refractivity contribution in [3.8, 4) is 0 Å². The average Bonchev–Trinajstić information content (AvgIpc) is 3.12. The molecule has 1 aliphatic carbocycles. The molecule has 0 aromatic rings. The number of carbonyl (C=O) groups excluding carboxylic acids is 1. The molecule has 1 saturated carbocycles. The van der Waals surface area contributed by atoms with E-state index in [1.165, 1.54) is 19.3 Å². The maximum Gasteiger partial charge on any atom is 0.238 e. The lowest BCUT2D eigenvalue weighted by Crippen LogP contribution is -2.72. The van der Waals surface area contributed by atoms with Crippen LogP contribution < -0.4 is 0 Å².